The average molecular weight is 709 g/mol. The van der Waals surface area contributed by atoms with Crippen LogP contribution in [0.25, 0.3) is 0 Å². The molecule has 10 heteroatoms. The molecule has 1 N–H and O–H groups in total. The van der Waals surface area contributed by atoms with E-state index in [1.807, 2.05) is 54.6 Å². The fraction of sp³-hybridized carbons (Fsp3) is 0.257. The highest BCUT2D eigenvalue weighted by atomic mass is 79.9. The van der Waals surface area contributed by atoms with Crippen molar-refractivity contribution in [2.45, 2.75) is 55.6 Å². The quantitative estimate of drug-likeness (QED) is 0.172. The lowest BCUT2D eigenvalue weighted by molar-refractivity contribution is -0.140. The van der Waals surface area contributed by atoms with Gasteiger partial charge in [-0.15, -0.1) is 0 Å². The molecule has 1 aliphatic carbocycles. The second kappa shape index (κ2) is 15.1. The van der Waals surface area contributed by atoms with Crippen molar-refractivity contribution in [3.8, 4) is 0 Å². The van der Waals surface area contributed by atoms with Crippen molar-refractivity contribution >= 4 is 55.1 Å². The Hall–Kier alpha value is -3.66. The fourth-order valence-corrected chi connectivity index (χ4v) is 7.39. The first kappa shape index (κ1) is 32.7. The van der Waals surface area contributed by atoms with Crippen molar-refractivity contribution in [1.29, 1.82) is 0 Å². The first-order chi connectivity index (χ1) is 21.7. The van der Waals surface area contributed by atoms with E-state index >= 15 is 0 Å². The third-order valence-electron chi connectivity index (χ3n) is 7.96. The summed E-state index contributed by atoms with van der Waals surface area (Å²) in [5.74, 6) is -0.755. The SMILES string of the molecule is O=C(NC1CCCC1)[C@@H](Cc1ccccc1)N(Cc1ccc(Br)cc1)C(=O)CN(c1ccc(Cl)cc1)S(=O)(=O)c1ccccc1. The highest BCUT2D eigenvalue weighted by Gasteiger charge is 2.35. The number of nitrogens with zero attached hydrogens (tertiary/aromatic N) is 2. The Bertz CT molecular complexity index is 1680. The van der Waals surface area contributed by atoms with E-state index in [-0.39, 0.29) is 35.5 Å². The van der Waals surface area contributed by atoms with Crippen molar-refractivity contribution in [3.05, 3.63) is 130 Å². The van der Waals surface area contributed by atoms with Crippen LogP contribution in [0.15, 0.2) is 119 Å². The number of carbonyl (C=O) groups excluding carboxylic acids is 2. The van der Waals surface area contributed by atoms with Gasteiger partial charge in [0.2, 0.25) is 11.8 Å². The van der Waals surface area contributed by atoms with Crippen molar-refractivity contribution < 1.29 is 18.0 Å². The summed E-state index contributed by atoms with van der Waals surface area (Å²) in [6, 6.07) is 30.6. The lowest BCUT2D eigenvalue weighted by Gasteiger charge is -2.34. The molecule has 2 amide bonds. The molecule has 5 rings (SSSR count). The number of nitrogens with one attached hydrogen (secondary N) is 1. The maximum atomic E-state index is 14.5. The minimum absolute atomic E-state index is 0.0458. The van der Waals surface area contributed by atoms with E-state index in [1.54, 1.807) is 42.5 Å². The number of benzene rings is 4. The van der Waals surface area contributed by atoms with Crippen molar-refractivity contribution in [2.75, 3.05) is 10.8 Å². The molecule has 4 aromatic rings. The van der Waals surface area contributed by atoms with Crippen LogP contribution in [0.4, 0.5) is 5.69 Å². The molecule has 1 saturated carbocycles. The van der Waals surface area contributed by atoms with Crippen LogP contribution in [0.2, 0.25) is 5.02 Å². The Kier molecular flexibility index (Phi) is 11.0. The zero-order valence-corrected chi connectivity index (χ0v) is 27.8. The van der Waals surface area contributed by atoms with Crippen molar-refractivity contribution in [1.82, 2.24) is 10.2 Å². The molecule has 1 fully saturated rings. The van der Waals surface area contributed by atoms with Gasteiger partial charge >= 0.3 is 0 Å². The molecule has 1 aliphatic rings. The van der Waals surface area contributed by atoms with Gasteiger partial charge in [0.15, 0.2) is 0 Å². The molecule has 0 unspecified atom stereocenters. The van der Waals surface area contributed by atoms with Gasteiger partial charge in [0, 0.05) is 28.5 Å². The number of carbonyl (C=O) groups is 2. The summed E-state index contributed by atoms with van der Waals surface area (Å²) in [6.07, 6.45) is 4.15. The molecule has 0 saturated heterocycles. The molecule has 0 aromatic heterocycles. The van der Waals surface area contributed by atoms with E-state index in [1.165, 1.54) is 17.0 Å². The predicted octanol–water partition coefficient (Wildman–Crippen LogP) is 7.00. The predicted molar refractivity (Wildman–Crippen MR) is 181 cm³/mol. The molecule has 4 aromatic carbocycles. The molecule has 0 spiro atoms. The molecule has 7 nitrogen and oxygen atoms in total. The minimum Gasteiger partial charge on any atom is -0.352 e. The summed E-state index contributed by atoms with van der Waals surface area (Å²) in [6.45, 7) is -0.404. The van der Waals surface area contributed by atoms with Gasteiger partial charge in [-0.2, -0.15) is 0 Å². The summed E-state index contributed by atoms with van der Waals surface area (Å²) in [7, 11) is -4.16. The molecular formula is C35H35BrClN3O4S. The Labute approximate surface area is 278 Å². The van der Waals surface area contributed by atoms with Crippen LogP contribution in [-0.4, -0.2) is 43.8 Å². The number of anilines is 1. The van der Waals surface area contributed by atoms with Crippen LogP contribution in [0.1, 0.15) is 36.8 Å². The van der Waals surface area contributed by atoms with Crippen LogP contribution in [0.5, 0.6) is 0 Å². The molecule has 0 heterocycles. The van der Waals surface area contributed by atoms with Gasteiger partial charge in [0.05, 0.1) is 10.6 Å². The standard InChI is InChI=1S/C35H35BrClN3O4S/c36-28-17-15-27(16-18-28)24-39(33(23-26-9-3-1-4-10-26)35(42)38-30-11-7-8-12-30)34(41)25-40(31-21-19-29(37)20-22-31)45(43,44)32-13-5-2-6-14-32/h1-6,9-10,13-22,30,33H,7-8,11-12,23-25H2,(H,38,42)/t33-/m1/s1. The zero-order valence-electron chi connectivity index (χ0n) is 24.7. The molecule has 45 heavy (non-hydrogen) atoms. The molecule has 0 bridgehead atoms. The van der Waals surface area contributed by atoms with Crippen LogP contribution < -0.4 is 9.62 Å². The largest absolute Gasteiger partial charge is 0.352 e. The van der Waals surface area contributed by atoms with E-state index in [2.05, 4.69) is 21.2 Å². The summed E-state index contributed by atoms with van der Waals surface area (Å²) in [5.41, 5.74) is 1.99. The summed E-state index contributed by atoms with van der Waals surface area (Å²) in [5, 5.41) is 3.63. The van der Waals surface area contributed by atoms with E-state index < -0.39 is 28.5 Å². The van der Waals surface area contributed by atoms with E-state index in [4.69, 9.17) is 11.6 Å². The van der Waals surface area contributed by atoms with Gasteiger partial charge < -0.3 is 10.2 Å². The van der Waals surface area contributed by atoms with Crippen LogP contribution >= 0.6 is 27.5 Å². The number of sulfonamides is 1. The Morgan fingerprint density at radius 3 is 2.04 bits per heavy atom. The smallest absolute Gasteiger partial charge is 0.264 e. The molecule has 0 aliphatic heterocycles. The second-order valence-corrected chi connectivity index (χ2v) is 14.4. The van der Waals surface area contributed by atoms with Crippen molar-refractivity contribution in [3.63, 3.8) is 0 Å². The molecule has 1 atom stereocenters. The van der Waals surface area contributed by atoms with Crippen LogP contribution in [0.3, 0.4) is 0 Å². The topological polar surface area (TPSA) is 86.8 Å². The van der Waals surface area contributed by atoms with Crippen LogP contribution in [-0.2, 0) is 32.6 Å². The highest BCUT2D eigenvalue weighted by Crippen LogP contribution is 2.27. The average Bonchev–Trinajstić information content (AvgIpc) is 3.57. The first-order valence-electron chi connectivity index (χ1n) is 14.9. The lowest BCUT2D eigenvalue weighted by atomic mass is 10.0. The zero-order chi connectivity index (χ0) is 31.8. The van der Waals surface area contributed by atoms with Gasteiger partial charge in [-0.1, -0.05) is 101 Å². The maximum absolute atomic E-state index is 14.5. The molecular weight excluding hydrogens is 674 g/mol. The maximum Gasteiger partial charge on any atom is 0.264 e. The monoisotopic (exact) mass is 707 g/mol. The van der Waals surface area contributed by atoms with Gasteiger partial charge in [-0.3, -0.25) is 13.9 Å². The highest BCUT2D eigenvalue weighted by molar-refractivity contribution is 9.10. The third-order valence-corrected chi connectivity index (χ3v) is 10.5. The number of rotatable bonds is 12. The molecule has 234 valence electrons. The Morgan fingerprint density at radius 2 is 1.42 bits per heavy atom. The molecule has 0 radical (unpaired) electrons. The van der Waals surface area contributed by atoms with Gasteiger partial charge in [-0.25, -0.2) is 8.42 Å². The summed E-state index contributed by atoms with van der Waals surface area (Å²) >= 11 is 9.60. The number of hydrogen-bond acceptors (Lipinski definition) is 4. The first-order valence-corrected chi connectivity index (χ1v) is 17.5. The Morgan fingerprint density at radius 1 is 0.822 bits per heavy atom. The second-order valence-electron chi connectivity index (χ2n) is 11.1. The fourth-order valence-electron chi connectivity index (χ4n) is 5.56. The number of hydrogen-bond donors (Lipinski definition) is 1. The van der Waals surface area contributed by atoms with E-state index in [9.17, 15) is 18.0 Å². The summed E-state index contributed by atoms with van der Waals surface area (Å²) < 4.78 is 30.0. The number of halogens is 2. The van der Waals surface area contributed by atoms with Gasteiger partial charge in [0.25, 0.3) is 10.0 Å². The van der Waals surface area contributed by atoms with Crippen molar-refractivity contribution in [2.24, 2.45) is 0 Å². The summed E-state index contributed by atoms with van der Waals surface area (Å²) in [4.78, 5) is 30.1. The van der Waals surface area contributed by atoms with Crippen LogP contribution in [0, 0.1) is 0 Å². The van der Waals surface area contributed by atoms with E-state index in [0.29, 0.717) is 5.02 Å². The lowest BCUT2D eigenvalue weighted by Crippen LogP contribution is -2.54. The third kappa shape index (κ3) is 8.54. The number of amides is 2. The van der Waals surface area contributed by atoms with E-state index in [0.717, 1.165) is 45.6 Å². The van der Waals surface area contributed by atoms with Gasteiger partial charge in [-0.05, 0) is 72.5 Å². The normalized spacial score (nSPS) is 14.1. The minimum atomic E-state index is -4.16. The Balaban J connectivity index is 1.55. The van der Waals surface area contributed by atoms with Gasteiger partial charge in [0.1, 0.15) is 12.6 Å².